The summed E-state index contributed by atoms with van der Waals surface area (Å²) in [4.78, 5) is 23.1. The normalized spacial score (nSPS) is 18.2. The number of benzene rings is 1. The summed E-state index contributed by atoms with van der Waals surface area (Å²) >= 11 is 0. The van der Waals surface area contributed by atoms with E-state index in [9.17, 15) is 4.79 Å². The van der Waals surface area contributed by atoms with Crippen molar-refractivity contribution in [3.05, 3.63) is 54.4 Å². The van der Waals surface area contributed by atoms with E-state index in [0.29, 0.717) is 6.42 Å². The van der Waals surface area contributed by atoms with Crippen LogP contribution in [-0.4, -0.2) is 28.3 Å². The van der Waals surface area contributed by atoms with E-state index in [4.69, 9.17) is 0 Å². The SMILES string of the molecule is O=C(C[C@H]1CCCN1c1ncccn1)c1ccccc1. The Morgan fingerprint density at radius 3 is 2.65 bits per heavy atom. The van der Waals surface area contributed by atoms with E-state index < -0.39 is 0 Å². The summed E-state index contributed by atoms with van der Waals surface area (Å²) in [6, 6.07) is 11.5. The molecule has 0 saturated carbocycles. The monoisotopic (exact) mass is 267 g/mol. The van der Waals surface area contributed by atoms with Crippen molar-refractivity contribution in [1.82, 2.24) is 9.97 Å². The van der Waals surface area contributed by atoms with Crippen LogP contribution in [0.1, 0.15) is 29.6 Å². The Bertz CT molecular complexity index is 571. The average molecular weight is 267 g/mol. The number of hydrogen-bond donors (Lipinski definition) is 0. The van der Waals surface area contributed by atoms with E-state index in [0.717, 1.165) is 30.9 Å². The molecule has 1 aliphatic heterocycles. The molecular formula is C16H17N3O. The smallest absolute Gasteiger partial charge is 0.225 e. The molecule has 3 rings (SSSR count). The maximum absolute atomic E-state index is 12.3. The molecular weight excluding hydrogens is 250 g/mol. The van der Waals surface area contributed by atoms with Crippen molar-refractivity contribution in [1.29, 1.82) is 0 Å². The van der Waals surface area contributed by atoms with Crippen molar-refractivity contribution < 1.29 is 4.79 Å². The molecule has 0 unspecified atom stereocenters. The van der Waals surface area contributed by atoms with Gasteiger partial charge in [-0.05, 0) is 18.9 Å². The molecule has 1 aromatic heterocycles. The predicted molar refractivity (Wildman–Crippen MR) is 77.8 cm³/mol. The van der Waals surface area contributed by atoms with Gasteiger partial charge in [-0.25, -0.2) is 9.97 Å². The number of Topliss-reactive ketones (excluding diaryl/α,β-unsaturated/α-hetero) is 1. The van der Waals surface area contributed by atoms with Crippen molar-refractivity contribution in [2.24, 2.45) is 0 Å². The van der Waals surface area contributed by atoms with E-state index in [1.165, 1.54) is 0 Å². The molecule has 4 nitrogen and oxygen atoms in total. The quantitative estimate of drug-likeness (QED) is 0.799. The molecule has 102 valence electrons. The summed E-state index contributed by atoms with van der Waals surface area (Å²) < 4.78 is 0. The largest absolute Gasteiger partial charge is 0.337 e. The lowest BCUT2D eigenvalue weighted by molar-refractivity contribution is 0.0974. The molecule has 1 aromatic carbocycles. The van der Waals surface area contributed by atoms with Crippen LogP contribution in [0.4, 0.5) is 5.95 Å². The summed E-state index contributed by atoms with van der Waals surface area (Å²) in [5, 5.41) is 0. The van der Waals surface area contributed by atoms with Crippen LogP contribution in [0.3, 0.4) is 0 Å². The summed E-state index contributed by atoms with van der Waals surface area (Å²) in [5.41, 5.74) is 0.785. The van der Waals surface area contributed by atoms with Crippen molar-refractivity contribution in [2.75, 3.05) is 11.4 Å². The topological polar surface area (TPSA) is 46.1 Å². The van der Waals surface area contributed by atoms with Crippen molar-refractivity contribution >= 4 is 11.7 Å². The maximum atomic E-state index is 12.3. The van der Waals surface area contributed by atoms with Gasteiger partial charge in [0.25, 0.3) is 0 Å². The third kappa shape index (κ3) is 2.69. The molecule has 0 N–H and O–H groups in total. The minimum atomic E-state index is 0.193. The van der Waals surface area contributed by atoms with E-state index in [1.54, 1.807) is 12.4 Å². The molecule has 0 bridgehead atoms. The molecule has 1 aliphatic rings. The molecule has 0 spiro atoms. The van der Waals surface area contributed by atoms with Crippen LogP contribution < -0.4 is 4.90 Å². The Morgan fingerprint density at radius 1 is 1.15 bits per heavy atom. The fourth-order valence-electron chi connectivity index (χ4n) is 2.71. The zero-order valence-electron chi connectivity index (χ0n) is 11.3. The number of rotatable bonds is 4. The third-order valence-electron chi connectivity index (χ3n) is 3.70. The van der Waals surface area contributed by atoms with E-state index in [-0.39, 0.29) is 11.8 Å². The standard InChI is InChI=1S/C16H17N3O/c20-15(13-6-2-1-3-7-13)12-14-8-4-11-19(14)16-17-9-5-10-18-16/h1-3,5-7,9-10,14H,4,8,11-12H2/t14-/m1/s1. The van der Waals surface area contributed by atoms with Gasteiger partial charge in [0.15, 0.2) is 5.78 Å². The number of hydrogen-bond acceptors (Lipinski definition) is 4. The van der Waals surface area contributed by atoms with Gasteiger partial charge in [0, 0.05) is 37.0 Å². The number of ketones is 1. The van der Waals surface area contributed by atoms with Gasteiger partial charge in [0.1, 0.15) is 0 Å². The zero-order valence-corrected chi connectivity index (χ0v) is 11.3. The van der Waals surface area contributed by atoms with Crippen LogP contribution in [0.25, 0.3) is 0 Å². The van der Waals surface area contributed by atoms with Crippen LogP contribution in [0.5, 0.6) is 0 Å². The van der Waals surface area contributed by atoms with Crippen molar-refractivity contribution in [3.63, 3.8) is 0 Å². The Labute approximate surface area is 118 Å². The molecule has 0 radical (unpaired) electrons. The second-order valence-electron chi connectivity index (χ2n) is 5.03. The minimum Gasteiger partial charge on any atom is -0.337 e. The van der Waals surface area contributed by atoms with E-state index in [2.05, 4.69) is 14.9 Å². The van der Waals surface area contributed by atoms with Gasteiger partial charge in [-0.1, -0.05) is 30.3 Å². The van der Waals surface area contributed by atoms with Crippen LogP contribution in [0.15, 0.2) is 48.8 Å². The van der Waals surface area contributed by atoms with Crippen molar-refractivity contribution in [2.45, 2.75) is 25.3 Å². The third-order valence-corrected chi connectivity index (χ3v) is 3.70. The minimum absolute atomic E-state index is 0.193. The van der Waals surface area contributed by atoms with Gasteiger partial charge in [-0.2, -0.15) is 0 Å². The number of aromatic nitrogens is 2. The first-order valence-electron chi connectivity index (χ1n) is 6.96. The number of anilines is 1. The van der Waals surface area contributed by atoms with Gasteiger partial charge >= 0.3 is 0 Å². The highest BCUT2D eigenvalue weighted by atomic mass is 16.1. The molecule has 1 saturated heterocycles. The fraction of sp³-hybridized carbons (Fsp3) is 0.312. The zero-order chi connectivity index (χ0) is 13.8. The van der Waals surface area contributed by atoms with Crippen LogP contribution in [0.2, 0.25) is 0 Å². The van der Waals surface area contributed by atoms with E-state index in [1.807, 2.05) is 36.4 Å². The molecule has 2 heterocycles. The first-order valence-corrected chi connectivity index (χ1v) is 6.96. The van der Waals surface area contributed by atoms with Gasteiger partial charge < -0.3 is 4.90 Å². The fourth-order valence-corrected chi connectivity index (χ4v) is 2.71. The number of nitrogens with zero attached hydrogens (tertiary/aromatic N) is 3. The molecule has 4 heteroatoms. The molecule has 2 aromatic rings. The highest BCUT2D eigenvalue weighted by molar-refractivity contribution is 5.96. The van der Waals surface area contributed by atoms with Crippen LogP contribution in [0, 0.1) is 0 Å². The number of carbonyl (C=O) groups excluding carboxylic acids is 1. The predicted octanol–water partition coefficient (Wildman–Crippen LogP) is 2.72. The maximum Gasteiger partial charge on any atom is 0.225 e. The average Bonchev–Trinajstić information content (AvgIpc) is 2.97. The Balaban J connectivity index is 1.72. The number of carbonyl (C=O) groups is 1. The Kier molecular flexibility index (Phi) is 3.72. The second kappa shape index (κ2) is 5.82. The second-order valence-corrected chi connectivity index (χ2v) is 5.03. The van der Waals surface area contributed by atoms with Crippen LogP contribution in [-0.2, 0) is 0 Å². The van der Waals surface area contributed by atoms with Gasteiger partial charge in [0.2, 0.25) is 5.95 Å². The summed E-state index contributed by atoms with van der Waals surface area (Å²) in [7, 11) is 0. The first kappa shape index (κ1) is 12.8. The lowest BCUT2D eigenvalue weighted by atomic mass is 10.0. The van der Waals surface area contributed by atoms with Crippen LogP contribution >= 0.6 is 0 Å². The highest BCUT2D eigenvalue weighted by Crippen LogP contribution is 2.25. The molecule has 0 aliphatic carbocycles. The molecule has 0 amide bonds. The lowest BCUT2D eigenvalue weighted by Crippen LogP contribution is -2.32. The lowest BCUT2D eigenvalue weighted by Gasteiger charge is -2.23. The summed E-state index contributed by atoms with van der Waals surface area (Å²) in [6.45, 7) is 0.927. The van der Waals surface area contributed by atoms with Gasteiger partial charge in [-0.3, -0.25) is 4.79 Å². The van der Waals surface area contributed by atoms with Gasteiger partial charge in [-0.15, -0.1) is 0 Å². The van der Waals surface area contributed by atoms with Gasteiger partial charge in [0.05, 0.1) is 0 Å². The van der Waals surface area contributed by atoms with Crippen molar-refractivity contribution in [3.8, 4) is 0 Å². The molecule has 1 atom stereocenters. The highest BCUT2D eigenvalue weighted by Gasteiger charge is 2.28. The molecule has 20 heavy (non-hydrogen) atoms. The Morgan fingerprint density at radius 2 is 1.90 bits per heavy atom. The first-order chi connectivity index (χ1) is 9.84. The Hall–Kier alpha value is -2.23. The summed E-state index contributed by atoms with van der Waals surface area (Å²) in [5.74, 6) is 0.925. The molecule has 1 fully saturated rings. The summed E-state index contributed by atoms with van der Waals surface area (Å²) in [6.07, 6.45) is 6.14. The van der Waals surface area contributed by atoms with E-state index >= 15 is 0 Å².